The summed E-state index contributed by atoms with van der Waals surface area (Å²) in [5.74, 6) is 1.22. The van der Waals surface area contributed by atoms with Crippen LogP contribution in [-0.4, -0.2) is 57.7 Å². The summed E-state index contributed by atoms with van der Waals surface area (Å²) in [4.78, 5) is 20.1. The van der Waals surface area contributed by atoms with E-state index in [1.807, 2.05) is 85.4 Å². The fourth-order valence-corrected chi connectivity index (χ4v) is 5.48. The molecule has 2 aromatic carbocycles. The van der Waals surface area contributed by atoms with Gasteiger partial charge in [0, 0.05) is 30.4 Å². The zero-order valence-corrected chi connectivity index (χ0v) is 23.1. The predicted octanol–water partition coefficient (Wildman–Crippen LogP) is 6.04. The zero-order chi connectivity index (χ0) is 26.6. The smallest absolute Gasteiger partial charge is 0.286 e. The van der Waals surface area contributed by atoms with Crippen molar-refractivity contribution in [2.75, 3.05) is 19.7 Å². The number of amides is 1. The van der Waals surface area contributed by atoms with Crippen LogP contribution in [0.5, 0.6) is 5.75 Å². The molecule has 1 amide bonds. The lowest BCUT2D eigenvalue weighted by Gasteiger charge is -2.35. The van der Waals surface area contributed by atoms with E-state index in [1.165, 1.54) is 11.8 Å². The van der Waals surface area contributed by atoms with Crippen LogP contribution in [0.3, 0.4) is 0 Å². The van der Waals surface area contributed by atoms with Crippen molar-refractivity contribution in [1.82, 2.24) is 14.7 Å². The van der Waals surface area contributed by atoms with E-state index < -0.39 is 0 Å². The minimum atomic E-state index is -0.218. The van der Waals surface area contributed by atoms with Crippen LogP contribution in [0.1, 0.15) is 39.7 Å². The van der Waals surface area contributed by atoms with Crippen molar-refractivity contribution >= 4 is 28.9 Å². The van der Waals surface area contributed by atoms with E-state index in [9.17, 15) is 4.79 Å². The normalized spacial score (nSPS) is 20.9. The highest BCUT2D eigenvalue weighted by molar-refractivity contribution is 8.18. The number of morpholine rings is 1. The quantitative estimate of drug-likeness (QED) is 0.347. The minimum Gasteiger partial charge on any atom is -0.494 e. The maximum absolute atomic E-state index is 12.9. The van der Waals surface area contributed by atoms with E-state index in [1.54, 1.807) is 0 Å². The van der Waals surface area contributed by atoms with E-state index >= 15 is 0 Å². The van der Waals surface area contributed by atoms with Crippen molar-refractivity contribution in [2.24, 2.45) is 10.9 Å². The van der Waals surface area contributed by atoms with Gasteiger partial charge < -0.3 is 14.4 Å². The molecule has 0 bridgehead atoms. The molecule has 2 aliphatic rings. The third-order valence-electron chi connectivity index (χ3n) is 6.44. The Morgan fingerprint density at radius 2 is 1.79 bits per heavy atom. The first-order valence-corrected chi connectivity index (χ1v) is 14.0. The lowest BCUT2D eigenvalue weighted by molar-refractivity contribution is -0.113. The summed E-state index contributed by atoms with van der Waals surface area (Å²) < 4.78 is 13.6. The van der Waals surface area contributed by atoms with Gasteiger partial charge in [-0.3, -0.25) is 4.79 Å². The third kappa shape index (κ3) is 6.19. The summed E-state index contributed by atoms with van der Waals surface area (Å²) in [6, 6.07) is 18.0. The van der Waals surface area contributed by atoms with Crippen LogP contribution in [0, 0.1) is 5.92 Å². The maximum Gasteiger partial charge on any atom is 0.286 e. The molecule has 0 saturated carbocycles. The van der Waals surface area contributed by atoms with Crippen molar-refractivity contribution in [3.8, 4) is 22.7 Å². The van der Waals surface area contributed by atoms with Crippen molar-refractivity contribution in [3.05, 3.63) is 71.3 Å². The fourth-order valence-electron chi connectivity index (χ4n) is 4.56. The van der Waals surface area contributed by atoms with Crippen molar-refractivity contribution in [2.45, 2.75) is 46.3 Å². The number of nitrogens with zero attached hydrogens (tertiary/aromatic N) is 4. The van der Waals surface area contributed by atoms with Gasteiger partial charge in [0.25, 0.3) is 5.91 Å². The molecule has 1 aromatic heterocycles. The summed E-state index contributed by atoms with van der Waals surface area (Å²) in [5.41, 5.74) is 3.56. The van der Waals surface area contributed by atoms with Crippen LogP contribution in [0.25, 0.3) is 23.0 Å². The number of benzene rings is 2. The average molecular weight is 531 g/mol. The zero-order valence-electron chi connectivity index (χ0n) is 22.3. The van der Waals surface area contributed by atoms with Crippen molar-refractivity contribution in [1.29, 1.82) is 0 Å². The molecule has 0 radical (unpaired) electrons. The van der Waals surface area contributed by atoms with Gasteiger partial charge in [-0.1, -0.05) is 32.0 Å². The number of hydrogen-bond acceptors (Lipinski definition) is 6. The second-order valence-electron chi connectivity index (χ2n) is 10.2. The Labute approximate surface area is 228 Å². The number of carbonyl (C=O) groups is 1. The van der Waals surface area contributed by atoms with Crippen LogP contribution in [-0.2, 0) is 9.53 Å². The molecule has 5 rings (SSSR count). The molecule has 38 heavy (non-hydrogen) atoms. The Hall–Kier alpha value is -3.36. The summed E-state index contributed by atoms with van der Waals surface area (Å²) in [6.45, 7) is 10.6. The van der Waals surface area contributed by atoms with Crippen LogP contribution in [0.4, 0.5) is 0 Å². The summed E-state index contributed by atoms with van der Waals surface area (Å²) >= 11 is 1.42. The van der Waals surface area contributed by atoms with Crippen LogP contribution >= 0.6 is 11.8 Å². The predicted molar refractivity (Wildman–Crippen MR) is 154 cm³/mol. The van der Waals surface area contributed by atoms with Gasteiger partial charge in [-0.15, -0.1) is 0 Å². The number of hydrogen-bond donors (Lipinski definition) is 0. The SMILES string of the molecule is CC(C)CCOc1ccc(-c2nn(-c3ccccc3)cc2/C=C2/SC(N3C[C@@H](C)O[C@@H](C)C3)=NC2=O)cc1. The van der Waals surface area contributed by atoms with E-state index in [0.29, 0.717) is 17.4 Å². The highest BCUT2D eigenvalue weighted by Gasteiger charge is 2.31. The van der Waals surface area contributed by atoms with Crippen molar-refractivity contribution in [3.63, 3.8) is 0 Å². The van der Waals surface area contributed by atoms with Gasteiger partial charge in [0.2, 0.25) is 0 Å². The largest absolute Gasteiger partial charge is 0.494 e. The molecule has 1 fully saturated rings. The molecule has 0 spiro atoms. The first kappa shape index (κ1) is 26.3. The number of para-hydroxylation sites is 1. The van der Waals surface area contributed by atoms with E-state index in [4.69, 9.17) is 14.6 Å². The molecule has 8 heteroatoms. The monoisotopic (exact) mass is 530 g/mol. The Bertz CT molecular complexity index is 1320. The molecule has 0 aliphatic carbocycles. The average Bonchev–Trinajstić information content (AvgIpc) is 3.48. The molecule has 0 unspecified atom stereocenters. The van der Waals surface area contributed by atoms with Gasteiger partial charge in [0.15, 0.2) is 5.17 Å². The van der Waals surface area contributed by atoms with Gasteiger partial charge in [0.1, 0.15) is 5.75 Å². The van der Waals surface area contributed by atoms with E-state index in [2.05, 4.69) is 23.7 Å². The van der Waals surface area contributed by atoms with Crippen LogP contribution < -0.4 is 4.74 Å². The molecule has 2 aliphatic heterocycles. The molecule has 3 aromatic rings. The van der Waals surface area contributed by atoms with Gasteiger partial charge in [-0.25, -0.2) is 4.68 Å². The highest BCUT2D eigenvalue weighted by Crippen LogP contribution is 2.34. The minimum absolute atomic E-state index is 0.0956. The number of ether oxygens (including phenoxy) is 2. The maximum atomic E-state index is 12.9. The summed E-state index contributed by atoms with van der Waals surface area (Å²) in [5, 5.41) is 5.65. The van der Waals surface area contributed by atoms with Crippen molar-refractivity contribution < 1.29 is 14.3 Å². The number of aliphatic imine (C=N–C) groups is 1. The number of rotatable bonds is 7. The lowest BCUT2D eigenvalue weighted by atomic mass is 10.1. The highest BCUT2D eigenvalue weighted by atomic mass is 32.2. The number of aromatic nitrogens is 2. The summed E-state index contributed by atoms with van der Waals surface area (Å²) in [7, 11) is 0. The number of amidine groups is 1. The standard InChI is InChI=1S/C30H34N4O3S/c1-20(2)14-15-36-26-12-10-23(11-13-26)28-24(19-34(32-28)25-8-6-5-7-9-25)16-27-29(35)31-30(38-27)33-17-21(3)37-22(4)18-33/h5-13,16,19-22H,14-15,17-18H2,1-4H3/b27-16+/t21-,22+. The Kier molecular flexibility index (Phi) is 8.00. The van der Waals surface area contributed by atoms with Gasteiger partial charge in [0.05, 0.1) is 35.1 Å². The first-order chi connectivity index (χ1) is 18.4. The molecular formula is C30H34N4O3S. The van der Waals surface area contributed by atoms with Gasteiger partial charge in [-0.2, -0.15) is 10.1 Å². The molecule has 0 N–H and O–H groups in total. The first-order valence-electron chi connectivity index (χ1n) is 13.2. The molecule has 7 nitrogen and oxygen atoms in total. The van der Waals surface area contributed by atoms with E-state index in [-0.39, 0.29) is 18.1 Å². The number of thioether (sulfide) groups is 1. The molecule has 3 heterocycles. The van der Waals surface area contributed by atoms with E-state index in [0.717, 1.165) is 52.9 Å². The topological polar surface area (TPSA) is 68.9 Å². The Morgan fingerprint density at radius 3 is 2.47 bits per heavy atom. The van der Waals surface area contributed by atoms with Crippen LogP contribution in [0.2, 0.25) is 0 Å². The molecule has 2 atom stereocenters. The molecule has 198 valence electrons. The summed E-state index contributed by atoms with van der Waals surface area (Å²) in [6.07, 6.45) is 5.08. The number of carbonyl (C=O) groups excluding carboxylic acids is 1. The van der Waals surface area contributed by atoms with Gasteiger partial charge in [-0.05, 0) is 80.4 Å². The third-order valence-corrected chi connectivity index (χ3v) is 7.49. The lowest BCUT2D eigenvalue weighted by Crippen LogP contribution is -2.47. The molecular weight excluding hydrogens is 496 g/mol. The Balaban J connectivity index is 1.42. The van der Waals surface area contributed by atoms with Crippen LogP contribution in [0.15, 0.2) is 70.7 Å². The fraction of sp³-hybridized carbons (Fsp3) is 0.367. The van der Waals surface area contributed by atoms with Gasteiger partial charge >= 0.3 is 0 Å². The second-order valence-corrected chi connectivity index (χ2v) is 11.3. The Morgan fingerprint density at radius 1 is 1.08 bits per heavy atom. The molecule has 1 saturated heterocycles. The second kappa shape index (κ2) is 11.6.